The second-order valence-corrected chi connectivity index (χ2v) is 14.5. The Morgan fingerprint density at radius 3 is 1.40 bits per heavy atom. The molecule has 0 spiro atoms. The molecule has 4 heterocycles. The van der Waals surface area contributed by atoms with Gasteiger partial charge in [0.05, 0.1) is 22.4 Å². The fourth-order valence-corrected chi connectivity index (χ4v) is 7.89. The Morgan fingerprint density at radius 2 is 0.940 bits per heavy atom. The molecule has 0 saturated heterocycles. The minimum atomic E-state index is -0.296. The van der Waals surface area contributed by atoms with Gasteiger partial charge in [0.1, 0.15) is 0 Å². The number of fused-ring (bicyclic) bond motifs is 3. The number of H-pyrrole nitrogens is 1. The summed E-state index contributed by atoms with van der Waals surface area (Å²) in [5, 5.41) is 2.55. The predicted octanol–water partition coefficient (Wildman–Crippen LogP) is 11.9. The first-order valence-electron chi connectivity index (χ1n) is 17.3. The van der Waals surface area contributed by atoms with Gasteiger partial charge in [0.25, 0.3) is 0 Å². The molecule has 8 aromatic rings. The highest BCUT2D eigenvalue weighted by Gasteiger charge is 2.34. The first-order chi connectivity index (χ1) is 24.3. The Balaban J connectivity index is 1.33. The maximum Gasteiger partial charge on any atom is 0.0702 e. The molecular weight excluding hydrogens is 609 g/mol. The molecule has 0 atom stereocenters. The molecule has 0 unspecified atom stereocenters. The van der Waals surface area contributed by atoms with E-state index in [1.54, 1.807) is 0 Å². The van der Waals surface area contributed by atoms with Crippen molar-refractivity contribution < 1.29 is 0 Å². The van der Waals surface area contributed by atoms with Crippen molar-refractivity contribution in [2.24, 2.45) is 0 Å². The smallest absolute Gasteiger partial charge is 0.0702 e. The third kappa shape index (κ3) is 4.74. The molecule has 0 aliphatic carbocycles. The number of pyridine rings is 2. The molecule has 1 N–H and O–H groups in total. The van der Waals surface area contributed by atoms with Crippen LogP contribution < -0.4 is 4.90 Å². The molecule has 5 aromatic carbocycles. The number of rotatable bonds is 5. The summed E-state index contributed by atoms with van der Waals surface area (Å²) in [6, 6.07) is 50.4. The summed E-state index contributed by atoms with van der Waals surface area (Å²) in [6.07, 6.45) is 3.71. The highest BCUT2D eigenvalue weighted by atomic mass is 15.1. The van der Waals surface area contributed by atoms with E-state index in [-0.39, 0.29) is 10.8 Å². The lowest BCUT2D eigenvalue weighted by molar-refractivity contribution is 0.620. The van der Waals surface area contributed by atoms with Gasteiger partial charge in [-0.05, 0) is 82.9 Å². The standard InChI is InChI=1S/C46H38N4/c1-45(2)32-27-33(46(3,4)40-20-12-18-38-37-17-11-19-39(45)43(37)49-44(38)40)29-36(28-32)50(34-15-9-13-30(25-34)41-21-5-7-23-47-41)35-16-10-14-31(26-35)42-22-6-8-24-48-42/h5-29,49H,1-4H3. The van der Waals surface area contributed by atoms with E-state index >= 15 is 0 Å². The third-order valence-electron chi connectivity index (χ3n) is 10.8. The van der Waals surface area contributed by atoms with Crippen LogP contribution in [0.2, 0.25) is 0 Å². The van der Waals surface area contributed by atoms with Gasteiger partial charge in [-0.2, -0.15) is 0 Å². The van der Waals surface area contributed by atoms with E-state index in [9.17, 15) is 0 Å². The van der Waals surface area contributed by atoms with Crippen LogP contribution in [-0.4, -0.2) is 15.0 Å². The second kappa shape index (κ2) is 11.3. The Hall–Kier alpha value is -6.00. The molecule has 1 aliphatic rings. The summed E-state index contributed by atoms with van der Waals surface area (Å²) >= 11 is 0. The van der Waals surface area contributed by atoms with Crippen molar-refractivity contribution in [1.82, 2.24) is 15.0 Å². The van der Waals surface area contributed by atoms with Gasteiger partial charge in [0.2, 0.25) is 0 Å². The van der Waals surface area contributed by atoms with Crippen LogP contribution in [-0.2, 0) is 10.8 Å². The topological polar surface area (TPSA) is 44.8 Å². The van der Waals surface area contributed by atoms with Crippen molar-refractivity contribution in [3.8, 4) is 22.5 Å². The number of hydrogen-bond acceptors (Lipinski definition) is 3. The maximum atomic E-state index is 4.69. The van der Waals surface area contributed by atoms with Crippen LogP contribution in [0.3, 0.4) is 0 Å². The first-order valence-corrected chi connectivity index (χ1v) is 17.3. The van der Waals surface area contributed by atoms with E-state index < -0.39 is 0 Å². The van der Waals surface area contributed by atoms with Gasteiger partial charge in [-0.25, -0.2) is 0 Å². The second-order valence-electron chi connectivity index (χ2n) is 14.5. The number of para-hydroxylation sites is 2. The average molecular weight is 647 g/mol. The van der Waals surface area contributed by atoms with Crippen LogP contribution in [0, 0.1) is 0 Å². The summed E-state index contributed by atoms with van der Waals surface area (Å²) in [5.41, 5.74) is 14.2. The summed E-state index contributed by atoms with van der Waals surface area (Å²) in [6.45, 7) is 9.44. The number of nitrogens with one attached hydrogen (secondary N) is 1. The molecule has 9 rings (SSSR count). The molecule has 50 heavy (non-hydrogen) atoms. The molecule has 0 fully saturated rings. The zero-order valence-corrected chi connectivity index (χ0v) is 28.8. The van der Waals surface area contributed by atoms with Gasteiger partial charge in [0.15, 0.2) is 0 Å². The molecule has 0 radical (unpaired) electrons. The van der Waals surface area contributed by atoms with Crippen LogP contribution >= 0.6 is 0 Å². The Labute approximate surface area is 293 Å². The molecule has 4 nitrogen and oxygen atoms in total. The van der Waals surface area contributed by atoms with E-state index in [4.69, 9.17) is 9.97 Å². The van der Waals surface area contributed by atoms with Crippen LogP contribution in [0.25, 0.3) is 44.3 Å². The van der Waals surface area contributed by atoms with Gasteiger partial charge < -0.3 is 9.88 Å². The molecule has 242 valence electrons. The van der Waals surface area contributed by atoms with Gasteiger partial charge in [-0.1, -0.05) is 107 Å². The van der Waals surface area contributed by atoms with Crippen LogP contribution in [0.1, 0.15) is 49.9 Å². The Morgan fingerprint density at radius 1 is 0.460 bits per heavy atom. The van der Waals surface area contributed by atoms with Crippen molar-refractivity contribution in [2.75, 3.05) is 4.90 Å². The molecule has 0 saturated carbocycles. The summed E-state index contributed by atoms with van der Waals surface area (Å²) in [5.74, 6) is 0. The molecule has 0 amide bonds. The first kappa shape index (κ1) is 30.1. The van der Waals surface area contributed by atoms with Crippen molar-refractivity contribution in [2.45, 2.75) is 38.5 Å². The summed E-state index contributed by atoms with van der Waals surface area (Å²) in [7, 11) is 0. The van der Waals surface area contributed by atoms with E-state index in [2.05, 4.69) is 153 Å². The predicted molar refractivity (Wildman–Crippen MR) is 208 cm³/mol. The van der Waals surface area contributed by atoms with Crippen molar-refractivity contribution in [3.63, 3.8) is 0 Å². The van der Waals surface area contributed by atoms with Gasteiger partial charge in [0, 0.05) is 62.2 Å². The highest BCUT2D eigenvalue weighted by Crippen LogP contribution is 2.48. The number of nitrogens with zero attached hydrogens (tertiary/aromatic N) is 3. The van der Waals surface area contributed by atoms with E-state index in [1.807, 2.05) is 36.7 Å². The Kier molecular flexibility index (Phi) is 6.79. The maximum absolute atomic E-state index is 4.69. The average Bonchev–Trinajstić information content (AvgIpc) is 3.54. The number of hydrogen-bond donors (Lipinski definition) is 1. The normalized spacial score (nSPS) is 14.3. The lowest BCUT2D eigenvalue weighted by Gasteiger charge is -2.35. The summed E-state index contributed by atoms with van der Waals surface area (Å²) < 4.78 is 0. The molecule has 1 aliphatic heterocycles. The number of benzene rings is 5. The monoisotopic (exact) mass is 646 g/mol. The van der Waals surface area contributed by atoms with Crippen LogP contribution in [0.5, 0.6) is 0 Å². The van der Waals surface area contributed by atoms with Gasteiger partial charge >= 0.3 is 0 Å². The van der Waals surface area contributed by atoms with E-state index in [0.29, 0.717) is 0 Å². The fraction of sp³-hybridized carbons (Fsp3) is 0.130. The van der Waals surface area contributed by atoms with Gasteiger partial charge in [-0.15, -0.1) is 0 Å². The van der Waals surface area contributed by atoms with Crippen LogP contribution in [0.15, 0.2) is 152 Å². The lowest BCUT2D eigenvalue weighted by Crippen LogP contribution is -2.25. The minimum absolute atomic E-state index is 0.296. The molecule has 4 heteroatoms. The lowest BCUT2D eigenvalue weighted by atomic mass is 9.72. The number of aromatic nitrogens is 3. The summed E-state index contributed by atoms with van der Waals surface area (Å²) in [4.78, 5) is 15.7. The van der Waals surface area contributed by atoms with Crippen molar-refractivity contribution in [1.29, 1.82) is 0 Å². The zero-order valence-electron chi connectivity index (χ0n) is 28.8. The molecule has 3 aromatic heterocycles. The van der Waals surface area contributed by atoms with Crippen LogP contribution in [0.4, 0.5) is 17.1 Å². The quantitative estimate of drug-likeness (QED) is 0.202. The van der Waals surface area contributed by atoms with Crippen molar-refractivity contribution >= 4 is 38.9 Å². The SMILES string of the molecule is CC1(C)c2cc(N(c3cccc(-c4ccccn4)c3)c3cccc(-c4ccccn4)c3)cc(c2)C(C)(C)c2cccc3c2[nH]c2c1cccc23. The number of aromatic amines is 1. The largest absolute Gasteiger partial charge is 0.354 e. The molecule has 4 bridgehead atoms. The Bertz CT molecular complexity index is 2370. The zero-order chi connectivity index (χ0) is 34.0. The molecular formula is C46H38N4. The fourth-order valence-electron chi connectivity index (χ4n) is 7.89. The van der Waals surface area contributed by atoms with Crippen molar-refractivity contribution in [3.05, 3.63) is 174 Å². The minimum Gasteiger partial charge on any atom is -0.354 e. The third-order valence-corrected chi connectivity index (χ3v) is 10.8. The highest BCUT2D eigenvalue weighted by molar-refractivity contribution is 6.10. The van der Waals surface area contributed by atoms with E-state index in [1.165, 1.54) is 44.1 Å². The van der Waals surface area contributed by atoms with Gasteiger partial charge in [-0.3, -0.25) is 9.97 Å². The van der Waals surface area contributed by atoms with E-state index in [0.717, 1.165) is 39.6 Å². The number of anilines is 3.